The molecular formula is C25H37N3O4. The Balaban J connectivity index is 1.95. The number of rotatable bonds is 6. The molecule has 0 bridgehead atoms. The summed E-state index contributed by atoms with van der Waals surface area (Å²) in [5.41, 5.74) is -0.0245. The maximum atomic E-state index is 13.4. The number of fused-ring (bicyclic) bond motifs is 1. The first-order valence-electron chi connectivity index (χ1n) is 11.8. The number of likely N-dealkylation sites (N-methyl/N-ethyl adjacent to an activating group) is 1. The molecule has 1 fully saturated rings. The molecule has 1 aliphatic carbocycles. The lowest BCUT2D eigenvalue weighted by atomic mass is 9.99. The number of carbonyl (C=O) groups is 1. The van der Waals surface area contributed by atoms with Gasteiger partial charge in [0.2, 0.25) is 5.88 Å². The zero-order valence-electron chi connectivity index (χ0n) is 19.8. The highest BCUT2D eigenvalue weighted by molar-refractivity contribution is 5.97. The van der Waals surface area contributed by atoms with Crippen molar-refractivity contribution in [2.75, 3.05) is 33.3 Å². The number of aromatic nitrogens is 1. The first-order chi connectivity index (χ1) is 15.3. The molecule has 3 atom stereocenters. The number of ether oxygens (including phenoxy) is 1. The zero-order valence-corrected chi connectivity index (χ0v) is 19.8. The molecule has 0 aromatic carbocycles. The van der Waals surface area contributed by atoms with E-state index in [0.717, 1.165) is 32.4 Å². The lowest BCUT2D eigenvalue weighted by Gasteiger charge is -2.37. The first-order valence-corrected chi connectivity index (χ1v) is 11.8. The number of hydrogen-bond acceptors (Lipinski definition) is 6. The van der Waals surface area contributed by atoms with Crippen LogP contribution in [-0.4, -0.2) is 81.9 Å². The third-order valence-electron chi connectivity index (χ3n) is 6.49. The molecule has 2 heterocycles. The van der Waals surface area contributed by atoms with Crippen molar-refractivity contribution < 1.29 is 19.7 Å². The van der Waals surface area contributed by atoms with Crippen LogP contribution in [-0.2, 0) is 0 Å². The second-order valence-corrected chi connectivity index (χ2v) is 9.45. The van der Waals surface area contributed by atoms with Crippen molar-refractivity contribution in [3.8, 4) is 17.7 Å². The maximum Gasteiger partial charge on any atom is 0.259 e. The van der Waals surface area contributed by atoms with E-state index in [1.165, 1.54) is 0 Å². The fourth-order valence-corrected chi connectivity index (χ4v) is 4.44. The van der Waals surface area contributed by atoms with E-state index in [1.54, 1.807) is 17.2 Å². The average Bonchev–Trinajstić information content (AvgIpc) is 3.21. The van der Waals surface area contributed by atoms with Crippen molar-refractivity contribution >= 4 is 5.91 Å². The molecule has 0 saturated heterocycles. The summed E-state index contributed by atoms with van der Waals surface area (Å²) in [4.78, 5) is 21.8. The van der Waals surface area contributed by atoms with Crippen LogP contribution in [0.5, 0.6) is 5.88 Å². The smallest absolute Gasteiger partial charge is 0.259 e. The van der Waals surface area contributed by atoms with E-state index in [4.69, 9.17) is 4.74 Å². The minimum Gasteiger partial charge on any atom is -0.472 e. The Morgan fingerprint density at radius 1 is 1.41 bits per heavy atom. The summed E-state index contributed by atoms with van der Waals surface area (Å²) in [6.45, 7) is 8.11. The summed E-state index contributed by atoms with van der Waals surface area (Å²) in [6.07, 6.45) is 5.80. The van der Waals surface area contributed by atoms with Crippen LogP contribution in [0.1, 0.15) is 68.8 Å². The van der Waals surface area contributed by atoms with E-state index >= 15 is 0 Å². The van der Waals surface area contributed by atoms with E-state index in [9.17, 15) is 15.0 Å². The number of carbonyl (C=O) groups excluding carboxylic acids is 1. The highest BCUT2D eigenvalue weighted by Gasteiger charge is 2.34. The van der Waals surface area contributed by atoms with Crippen LogP contribution >= 0.6 is 0 Å². The molecule has 7 nitrogen and oxygen atoms in total. The van der Waals surface area contributed by atoms with Crippen LogP contribution in [0.15, 0.2) is 12.3 Å². The number of amides is 1. The van der Waals surface area contributed by atoms with Crippen LogP contribution in [0.2, 0.25) is 0 Å². The quantitative estimate of drug-likeness (QED) is 0.656. The Hall–Kier alpha value is -2.14. The van der Waals surface area contributed by atoms with Crippen LogP contribution < -0.4 is 4.74 Å². The summed E-state index contributed by atoms with van der Waals surface area (Å²) in [6, 6.07) is 1.38. The maximum absolute atomic E-state index is 13.4. The Morgan fingerprint density at radius 3 is 2.78 bits per heavy atom. The van der Waals surface area contributed by atoms with Gasteiger partial charge in [-0.1, -0.05) is 25.7 Å². The fourth-order valence-electron chi connectivity index (χ4n) is 4.44. The number of aliphatic hydroxyl groups is 2. The SMILES string of the molecule is CCCN(C)C[C@H]1Oc2ncc(C#CC3(O)CCCC3)cc2C(=O)N([C@H](C)CO)C[C@H]1C. The average molecular weight is 444 g/mol. The molecule has 1 aliphatic heterocycles. The molecule has 3 rings (SSSR count). The summed E-state index contributed by atoms with van der Waals surface area (Å²) in [7, 11) is 2.07. The Morgan fingerprint density at radius 2 is 2.12 bits per heavy atom. The zero-order chi connectivity index (χ0) is 23.3. The van der Waals surface area contributed by atoms with Gasteiger partial charge in [0.25, 0.3) is 5.91 Å². The molecule has 32 heavy (non-hydrogen) atoms. The standard InChI is InChI=1S/C25H37N3O4/c1-5-12-27(4)16-22-18(2)15-28(19(3)17-29)24(30)21-13-20(14-26-23(21)32-22)8-11-25(31)9-6-7-10-25/h13-14,18-19,22,29,31H,5-7,9-10,12,15-17H2,1-4H3/t18-,19-,22-/m1/s1. The number of hydrogen-bond donors (Lipinski definition) is 2. The van der Waals surface area contributed by atoms with Gasteiger partial charge in [-0.05, 0) is 58.7 Å². The number of aliphatic hydroxyl groups excluding tert-OH is 1. The third kappa shape index (κ3) is 5.80. The fraction of sp³-hybridized carbons (Fsp3) is 0.680. The topological polar surface area (TPSA) is 86.1 Å². The van der Waals surface area contributed by atoms with Crippen molar-refractivity contribution in [1.29, 1.82) is 0 Å². The Labute approximate surface area is 191 Å². The predicted molar refractivity (Wildman–Crippen MR) is 123 cm³/mol. The molecule has 7 heteroatoms. The minimum atomic E-state index is -0.952. The van der Waals surface area contributed by atoms with Gasteiger partial charge < -0.3 is 24.7 Å². The number of nitrogens with zero attached hydrogens (tertiary/aromatic N) is 3. The van der Waals surface area contributed by atoms with Crippen molar-refractivity contribution in [3.63, 3.8) is 0 Å². The van der Waals surface area contributed by atoms with E-state index in [1.807, 2.05) is 6.92 Å². The minimum absolute atomic E-state index is 0.0679. The van der Waals surface area contributed by atoms with Gasteiger partial charge in [-0.3, -0.25) is 4.79 Å². The summed E-state index contributed by atoms with van der Waals surface area (Å²) < 4.78 is 6.29. The molecule has 1 amide bonds. The molecule has 1 saturated carbocycles. The third-order valence-corrected chi connectivity index (χ3v) is 6.49. The molecule has 1 aromatic rings. The van der Waals surface area contributed by atoms with Crippen LogP contribution in [0.3, 0.4) is 0 Å². The van der Waals surface area contributed by atoms with Gasteiger partial charge in [-0.25, -0.2) is 4.98 Å². The van der Waals surface area contributed by atoms with Gasteiger partial charge in [0.15, 0.2) is 0 Å². The summed E-state index contributed by atoms with van der Waals surface area (Å²) in [5, 5.41) is 20.3. The van der Waals surface area contributed by atoms with E-state index < -0.39 is 5.60 Å². The molecule has 0 radical (unpaired) electrons. The first kappa shape index (κ1) is 24.5. The van der Waals surface area contributed by atoms with Gasteiger partial charge in [0, 0.05) is 30.8 Å². The highest BCUT2D eigenvalue weighted by atomic mass is 16.5. The van der Waals surface area contributed by atoms with Crippen molar-refractivity contribution in [1.82, 2.24) is 14.8 Å². The summed E-state index contributed by atoms with van der Waals surface area (Å²) >= 11 is 0. The highest BCUT2D eigenvalue weighted by Crippen LogP contribution is 2.30. The van der Waals surface area contributed by atoms with E-state index in [2.05, 4.69) is 42.6 Å². The lowest BCUT2D eigenvalue weighted by molar-refractivity contribution is 0.0331. The molecule has 0 spiro atoms. The Bertz CT molecular complexity index is 856. The van der Waals surface area contributed by atoms with Crippen molar-refractivity contribution in [2.45, 2.75) is 70.6 Å². The molecule has 1 aromatic heterocycles. The Kier molecular flexibility index (Phi) is 8.16. The molecule has 176 valence electrons. The molecule has 2 N–H and O–H groups in total. The largest absolute Gasteiger partial charge is 0.472 e. The van der Waals surface area contributed by atoms with Crippen LogP contribution in [0, 0.1) is 17.8 Å². The second kappa shape index (κ2) is 10.7. The molecule has 2 aliphatic rings. The predicted octanol–water partition coefficient (Wildman–Crippen LogP) is 2.30. The van der Waals surface area contributed by atoms with Gasteiger partial charge >= 0.3 is 0 Å². The normalized spacial score (nSPS) is 23.6. The molecule has 0 unspecified atom stereocenters. The van der Waals surface area contributed by atoms with Crippen LogP contribution in [0.25, 0.3) is 0 Å². The van der Waals surface area contributed by atoms with Gasteiger partial charge in [-0.15, -0.1) is 0 Å². The monoisotopic (exact) mass is 443 g/mol. The van der Waals surface area contributed by atoms with Crippen molar-refractivity contribution in [3.05, 3.63) is 23.4 Å². The van der Waals surface area contributed by atoms with E-state index in [0.29, 0.717) is 36.4 Å². The lowest BCUT2D eigenvalue weighted by Crippen LogP contribution is -2.50. The van der Waals surface area contributed by atoms with Crippen LogP contribution in [0.4, 0.5) is 0 Å². The summed E-state index contributed by atoms with van der Waals surface area (Å²) in [5.74, 6) is 6.14. The van der Waals surface area contributed by atoms with E-state index in [-0.39, 0.29) is 30.6 Å². The van der Waals surface area contributed by atoms with Crippen molar-refractivity contribution in [2.24, 2.45) is 5.92 Å². The van der Waals surface area contributed by atoms with Gasteiger partial charge in [0.05, 0.1) is 12.6 Å². The second-order valence-electron chi connectivity index (χ2n) is 9.45. The number of pyridine rings is 1. The van der Waals surface area contributed by atoms with Gasteiger partial charge in [0.1, 0.15) is 17.3 Å². The van der Waals surface area contributed by atoms with Gasteiger partial charge in [-0.2, -0.15) is 0 Å². The molecular weight excluding hydrogens is 406 g/mol.